The van der Waals surface area contributed by atoms with Gasteiger partial charge >= 0.3 is 0 Å². The topological polar surface area (TPSA) is 119 Å². The minimum atomic E-state index is -1.13. The highest BCUT2D eigenvalue weighted by Gasteiger charge is 2.39. The number of fused-ring (bicyclic) bond motifs is 2. The van der Waals surface area contributed by atoms with Crippen LogP contribution in [0.1, 0.15) is 16.8 Å². The van der Waals surface area contributed by atoms with Gasteiger partial charge in [0.2, 0.25) is 5.95 Å². The fourth-order valence-electron chi connectivity index (χ4n) is 4.57. The molecule has 178 valence electrons. The lowest BCUT2D eigenvalue weighted by molar-refractivity contribution is -0.186. The number of benzene rings is 1. The Labute approximate surface area is 200 Å². The molecule has 5 heterocycles. The number of allylic oxidation sites excluding steroid dienone is 1. The number of rotatable bonds is 6. The molecule has 0 bridgehead atoms. The van der Waals surface area contributed by atoms with Crippen molar-refractivity contribution in [2.24, 2.45) is 0 Å². The monoisotopic (exact) mass is 471 g/mol. The van der Waals surface area contributed by atoms with Crippen molar-refractivity contribution in [3.8, 4) is 5.69 Å². The Morgan fingerprint density at radius 2 is 2.11 bits per heavy atom. The average Bonchev–Trinajstić information content (AvgIpc) is 3.13. The van der Waals surface area contributed by atoms with Crippen molar-refractivity contribution in [3.63, 3.8) is 0 Å². The van der Waals surface area contributed by atoms with Crippen LogP contribution in [0.3, 0.4) is 0 Å². The van der Waals surface area contributed by atoms with Gasteiger partial charge in [-0.25, -0.2) is 14.3 Å². The van der Waals surface area contributed by atoms with E-state index >= 15 is 0 Å². The summed E-state index contributed by atoms with van der Waals surface area (Å²) in [6, 6.07) is 9.77. The first kappa shape index (κ1) is 21.7. The average molecular weight is 472 g/mol. The Hall–Kier alpha value is -3.86. The van der Waals surface area contributed by atoms with E-state index in [4.69, 9.17) is 9.72 Å². The summed E-state index contributed by atoms with van der Waals surface area (Å²) < 4.78 is 8.45. The second-order valence-corrected chi connectivity index (χ2v) is 8.88. The molecule has 4 aromatic rings. The molecule has 0 saturated carbocycles. The molecule has 0 radical (unpaired) electrons. The lowest BCUT2D eigenvalue weighted by Gasteiger charge is -2.35. The van der Waals surface area contributed by atoms with E-state index in [9.17, 15) is 9.90 Å². The van der Waals surface area contributed by atoms with Gasteiger partial charge in [-0.15, -0.1) is 6.58 Å². The standard InChI is InChI=1S/C25H25N7O3/c1-2-9-31-23(33)20-13-28-24(29-18-4-3-16-5-7-26-12-17(16)10-18)30-22(20)32(31)19-6-8-27-21(11-19)25(34)14-35-15-25/h2-4,6,8,10-11,13,26,34H,1,5,7,9,12,14-15H2,(H,28,29,30). The Balaban J connectivity index is 1.44. The van der Waals surface area contributed by atoms with Gasteiger partial charge in [-0.1, -0.05) is 12.1 Å². The van der Waals surface area contributed by atoms with Gasteiger partial charge in [-0.2, -0.15) is 4.98 Å². The van der Waals surface area contributed by atoms with Crippen molar-refractivity contribution >= 4 is 22.7 Å². The third-order valence-electron chi connectivity index (χ3n) is 6.47. The summed E-state index contributed by atoms with van der Waals surface area (Å²) in [6.45, 7) is 6.25. The van der Waals surface area contributed by atoms with Crippen LogP contribution >= 0.6 is 0 Å². The number of aliphatic hydroxyl groups is 1. The normalized spacial score (nSPS) is 16.5. The lowest BCUT2D eigenvalue weighted by Crippen LogP contribution is -2.47. The summed E-state index contributed by atoms with van der Waals surface area (Å²) >= 11 is 0. The zero-order valence-electron chi connectivity index (χ0n) is 19.1. The molecule has 1 aromatic carbocycles. The minimum absolute atomic E-state index is 0.182. The number of aromatic nitrogens is 5. The van der Waals surface area contributed by atoms with Crippen LogP contribution in [0, 0.1) is 0 Å². The van der Waals surface area contributed by atoms with E-state index in [1.54, 1.807) is 40.0 Å². The van der Waals surface area contributed by atoms with Gasteiger partial charge in [0.05, 0.1) is 31.1 Å². The van der Waals surface area contributed by atoms with Crippen LogP contribution in [-0.2, 0) is 29.8 Å². The molecule has 2 aliphatic rings. The smallest absolute Gasteiger partial charge is 0.278 e. The number of hydrogen-bond acceptors (Lipinski definition) is 8. The van der Waals surface area contributed by atoms with Crippen LogP contribution in [-0.4, -0.2) is 49.2 Å². The zero-order valence-corrected chi connectivity index (χ0v) is 19.1. The number of hydrogen-bond donors (Lipinski definition) is 3. The molecular formula is C25H25N7O3. The Morgan fingerprint density at radius 1 is 1.23 bits per heavy atom. The van der Waals surface area contributed by atoms with E-state index in [0.29, 0.717) is 28.4 Å². The van der Waals surface area contributed by atoms with Crippen molar-refractivity contribution in [1.29, 1.82) is 0 Å². The number of ether oxygens (including phenoxy) is 1. The van der Waals surface area contributed by atoms with Crippen LogP contribution in [0.4, 0.5) is 11.6 Å². The molecule has 35 heavy (non-hydrogen) atoms. The van der Waals surface area contributed by atoms with Crippen molar-refractivity contribution in [2.75, 3.05) is 25.1 Å². The maximum atomic E-state index is 13.2. The Bertz CT molecular complexity index is 1500. The van der Waals surface area contributed by atoms with Crippen molar-refractivity contribution in [2.45, 2.75) is 25.1 Å². The summed E-state index contributed by atoms with van der Waals surface area (Å²) in [6.07, 6.45) is 5.81. The number of pyridine rings is 1. The van der Waals surface area contributed by atoms with Crippen LogP contribution in [0.15, 0.2) is 60.2 Å². The second kappa shape index (κ2) is 8.42. The first-order valence-corrected chi connectivity index (χ1v) is 11.5. The van der Waals surface area contributed by atoms with Crippen molar-refractivity contribution in [3.05, 3.63) is 82.6 Å². The number of nitrogens with one attached hydrogen (secondary N) is 2. The first-order valence-electron chi connectivity index (χ1n) is 11.5. The van der Waals surface area contributed by atoms with Crippen LogP contribution in [0.2, 0.25) is 0 Å². The second-order valence-electron chi connectivity index (χ2n) is 8.88. The van der Waals surface area contributed by atoms with Gasteiger partial charge in [0.15, 0.2) is 11.2 Å². The Morgan fingerprint density at radius 3 is 2.91 bits per heavy atom. The molecule has 10 heteroatoms. The highest BCUT2D eigenvalue weighted by molar-refractivity contribution is 5.77. The zero-order chi connectivity index (χ0) is 24.0. The maximum Gasteiger partial charge on any atom is 0.278 e. The third kappa shape index (κ3) is 3.72. The van der Waals surface area contributed by atoms with Gasteiger partial charge in [-0.05, 0) is 48.4 Å². The highest BCUT2D eigenvalue weighted by atomic mass is 16.5. The highest BCUT2D eigenvalue weighted by Crippen LogP contribution is 2.29. The van der Waals surface area contributed by atoms with Gasteiger partial charge in [0, 0.05) is 24.6 Å². The van der Waals surface area contributed by atoms with Crippen LogP contribution < -0.4 is 16.2 Å². The first-order chi connectivity index (χ1) is 17.1. The van der Waals surface area contributed by atoms with Gasteiger partial charge < -0.3 is 20.5 Å². The number of nitrogens with zero attached hydrogens (tertiary/aromatic N) is 5. The fourth-order valence-corrected chi connectivity index (χ4v) is 4.57. The van der Waals surface area contributed by atoms with Crippen LogP contribution in [0.5, 0.6) is 0 Å². The van der Waals surface area contributed by atoms with Crippen molar-refractivity contribution < 1.29 is 9.84 Å². The predicted molar refractivity (Wildman–Crippen MR) is 131 cm³/mol. The van der Waals surface area contributed by atoms with E-state index in [0.717, 1.165) is 25.2 Å². The molecule has 1 saturated heterocycles. The SMILES string of the molecule is C=CCn1c(=O)c2cnc(Nc3ccc4c(c3)CNCC4)nc2n1-c1ccnc(C2(O)COC2)c1. The molecule has 0 unspecified atom stereocenters. The Kier molecular flexibility index (Phi) is 5.21. The number of anilines is 2. The molecule has 3 aromatic heterocycles. The molecule has 10 nitrogen and oxygen atoms in total. The quantitative estimate of drug-likeness (QED) is 0.364. The predicted octanol–water partition coefficient (Wildman–Crippen LogP) is 1.77. The molecular weight excluding hydrogens is 446 g/mol. The third-order valence-corrected chi connectivity index (χ3v) is 6.47. The van der Waals surface area contributed by atoms with Crippen LogP contribution in [0.25, 0.3) is 16.7 Å². The molecule has 0 aliphatic carbocycles. The molecule has 1 fully saturated rings. The van der Waals surface area contributed by atoms with Gasteiger partial charge in [-0.3, -0.25) is 9.78 Å². The van der Waals surface area contributed by atoms with E-state index in [1.165, 1.54) is 11.1 Å². The van der Waals surface area contributed by atoms with E-state index in [-0.39, 0.29) is 25.3 Å². The van der Waals surface area contributed by atoms with E-state index < -0.39 is 5.60 Å². The lowest BCUT2D eigenvalue weighted by atomic mass is 9.97. The van der Waals surface area contributed by atoms with E-state index in [1.807, 2.05) is 6.07 Å². The van der Waals surface area contributed by atoms with E-state index in [2.05, 4.69) is 39.3 Å². The van der Waals surface area contributed by atoms with Gasteiger partial charge in [0.25, 0.3) is 5.56 Å². The molecule has 3 N–H and O–H groups in total. The molecule has 0 amide bonds. The minimum Gasteiger partial charge on any atom is -0.379 e. The molecule has 0 atom stereocenters. The van der Waals surface area contributed by atoms with Crippen molar-refractivity contribution in [1.82, 2.24) is 29.6 Å². The summed E-state index contributed by atoms with van der Waals surface area (Å²) in [5.41, 5.74) is 3.69. The summed E-state index contributed by atoms with van der Waals surface area (Å²) in [5.74, 6) is 0.381. The summed E-state index contributed by atoms with van der Waals surface area (Å²) in [4.78, 5) is 26.6. The van der Waals surface area contributed by atoms with Gasteiger partial charge in [0.1, 0.15) is 5.39 Å². The summed E-state index contributed by atoms with van der Waals surface area (Å²) in [7, 11) is 0. The largest absolute Gasteiger partial charge is 0.379 e. The molecule has 0 spiro atoms. The summed E-state index contributed by atoms with van der Waals surface area (Å²) in [5, 5.41) is 17.8. The molecule has 6 rings (SSSR count). The fraction of sp³-hybridized carbons (Fsp3) is 0.280. The maximum absolute atomic E-state index is 13.2. The molecule has 2 aliphatic heterocycles.